The molecule has 0 fully saturated rings. The number of sulfonamides is 1. The first-order valence-electron chi connectivity index (χ1n) is 13.2. The average molecular weight is 570 g/mol. The number of carbonyl (C=O) groups excluding carboxylic acids is 1. The fourth-order valence-corrected chi connectivity index (χ4v) is 6.07. The van der Waals surface area contributed by atoms with E-state index < -0.39 is 15.6 Å². The standard InChI is InChI=1S/C32H35N5O3S/c1-32(2,3)36-41(39,40)29-15-8-7-14-28(29)24-16-18-26(19-17-24)35-30(38)22-37(21-23-10-5-4-6-11-23)27-13-9-12-25(20-27)31(33)34/h4-20,36H,21-22H2,1-3H3,(H3,33,34)(H,35,38). The van der Waals surface area contributed by atoms with E-state index in [-0.39, 0.29) is 23.2 Å². The zero-order chi connectivity index (χ0) is 29.6. The van der Waals surface area contributed by atoms with E-state index in [9.17, 15) is 13.2 Å². The summed E-state index contributed by atoms with van der Waals surface area (Å²) in [6.07, 6.45) is 0. The Hall–Kier alpha value is -4.47. The van der Waals surface area contributed by atoms with Crippen LogP contribution in [0.1, 0.15) is 31.9 Å². The molecule has 4 aromatic rings. The summed E-state index contributed by atoms with van der Waals surface area (Å²) >= 11 is 0. The van der Waals surface area contributed by atoms with Crippen LogP contribution in [0.2, 0.25) is 0 Å². The molecule has 0 aliphatic heterocycles. The molecule has 0 atom stereocenters. The fraction of sp³-hybridized carbons (Fsp3) is 0.188. The van der Waals surface area contributed by atoms with Crippen molar-refractivity contribution >= 4 is 33.1 Å². The van der Waals surface area contributed by atoms with Gasteiger partial charge in [-0.3, -0.25) is 10.2 Å². The number of nitrogens with two attached hydrogens (primary N) is 1. The van der Waals surface area contributed by atoms with Crippen LogP contribution in [0.15, 0.2) is 108 Å². The highest BCUT2D eigenvalue weighted by Gasteiger charge is 2.24. The largest absolute Gasteiger partial charge is 0.384 e. The van der Waals surface area contributed by atoms with E-state index in [0.717, 1.165) is 11.3 Å². The number of nitrogens with one attached hydrogen (secondary N) is 3. The molecule has 0 saturated heterocycles. The predicted octanol–water partition coefficient (Wildman–Crippen LogP) is 5.36. The van der Waals surface area contributed by atoms with E-state index >= 15 is 0 Å². The van der Waals surface area contributed by atoms with Gasteiger partial charge in [-0.25, -0.2) is 13.1 Å². The zero-order valence-electron chi connectivity index (χ0n) is 23.4. The summed E-state index contributed by atoms with van der Waals surface area (Å²) in [5, 5.41) is 10.7. The molecule has 0 radical (unpaired) electrons. The van der Waals surface area contributed by atoms with Crippen LogP contribution in [0.25, 0.3) is 11.1 Å². The average Bonchev–Trinajstić information content (AvgIpc) is 2.92. The van der Waals surface area contributed by atoms with Crippen molar-refractivity contribution in [1.29, 1.82) is 5.41 Å². The van der Waals surface area contributed by atoms with Gasteiger partial charge in [0.25, 0.3) is 0 Å². The number of nitrogens with zero attached hydrogens (tertiary/aromatic N) is 1. The quantitative estimate of drug-likeness (QED) is 0.151. The lowest BCUT2D eigenvalue weighted by Crippen LogP contribution is -2.40. The molecule has 0 aromatic heterocycles. The second kappa shape index (κ2) is 12.4. The third-order valence-electron chi connectivity index (χ3n) is 6.17. The summed E-state index contributed by atoms with van der Waals surface area (Å²) < 4.78 is 28.9. The highest BCUT2D eigenvalue weighted by molar-refractivity contribution is 7.89. The Kier molecular flexibility index (Phi) is 8.90. The van der Waals surface area contributed by atoms with Crippen LogP contribution < -0.4 is 20.7 Å². The number of amidine groups is 1. The second-order valence-corrected chi connectivity index (χ2v) is 12.4. The molecule has 0 spiro atoms. The van der Waals surface area contributed by atoms with E-state index in [2.05, 4.69) is 10.0 Å². The Morgan fingerprint density at radius 3 is 2.20 bits per heavy atom. The van der Waals surface area contributed by atoms with Gasteiger partial charge < -0.3 is 16.0 Å². The van der Waals surface area contributed by atoms with Crippen molar-refractivity contribution in [3.05, 3.63) is 114 Å². The smallest absolute Gasteiger partial charge is 0.243 e. The molecule has 4 rings (SSSR count). The van der Waals surface area contributed by atoms with Gasteiger partial charge in [-0.2, -0.15) is 0 Å². The molecule has 41 heavy (non-hydrogen) atoms. The summed E-state index contributed by atoms with van der Waals surface area (Å²) in [6, 6.07) is 31.0. The van der Waals surface area contributed by atoms with Gasteiger partial charge in [0.2, 0.25) is 15.9 Å². The van der Waals surface area contributed by atoms with Crippen molar-refractivity contribution in [3.8, 4) is 11.1 Å². The summed E-state index contributed by atoms with van der Waals surface area (Å²) in [6.45, 7) is 5.95. The zero-order valence-corrected chi connectivity index (χ0v) is 24.2. The molecule has 9 heteroatoms. The first-order valence-corrected chi connectivity index (χ1v) is 14.7. The maximum Gasteiger partial charge on any atom is 0.243 e. The number of rotatable bonds is 10. The first-order chi connectivity index (χ1) is 19.4. The lowest BCUT2D eigenvalue weighted by atomic mass is 10.1. The summed E-state index contributed by atoms with van der Waals surface area (Å²) in [7, 11) is -3.75. The Labute approximate surface area is 241 Å². The van der Waals surface area contributed by atoms with Crippen molar-refractivity contribution in [2.75, 3.05) is 16.8 Å². The number of nitrogen functional groups attached to an aromatic ring is 1. The highest BCUT2D eigenvalue weighted by Crippen LogP contribution is 2.29. The molecule has 5 N–H and O–H groups in total. The molecule has 1 amide bonds. The van der Waals surface area contributed by atoms with Crippen LogP contribution in [0.5, 0.6) is 0 Å². The minimum atomic E-state index is -3.75. The monoisotopic (exact) mass is 569 g/mol. The van der Waals surface area contributed by atoms with E-state index in [1.807, 2.05) is 47.4 Å². The fourth-order valence-electron chi connectivity index (χ4n) is 4.42. The van der Waals surface area contributed by atoms with E-state index in [4.69, 9.17) is 11.1 Å². The van der Waals surface area contributed by atoms with Crippen molar-refractivity contribution in [2.45, 2.75) is 37.8 Å². The SMILES string of the molecule is CC(C)(C)NS(=O)(=O)c1ccccc1-c1ccc(NC(=O)CN(Cc2ccccc2)c2cccc(C(=N)N)c2)cc1. The maximum absolute atomic E-state index is 13.2. The van der Waals surface area contributed by atoms with Crippen LogP contribution in [-0.2, 0) is 21.4 Å². The second-order valence-electron chi connectivity index (χ2n) is 10.8. The normalized spacial score (nSPS) is 11.6. The summed E-state index contributed by atoms with van der Waals surface area (Å²) in [5.41, 5.74) is 9.34. The summed E-state index contributed by atoms with van der Waals surface area (Å²) in [4.78, 5) is 15.3. The first kappa shape index (κ1) is 29.5. The van der Waals surface area contributed by atoms with Crippen molar-refractivity contribution in [2.24, 2.45) is 5.73 Å². The third kappa shape index (κ3) is 8.03. The number of amides is 1. The molecule has 0 saturated carbocycles. The van der Waals surface area contributed by atoms with Crippen LogP contribution in [0.3, 0.4) is 0 Å². The Morgan fingerprint density at radius 1 is 0.878 bits per heavy atom. The number of anilines is 2. The Balaban J connectivity index is 1.53. The van der Waals surface area contributed by atoms with Gasteiger partial charge in [-0.1, -0.05) is 72.8 Å². The van der Waals surface area contributed by atoms with E-state index in [1.54, 1.807) is 81.4 Å². The van der Waals surface area contributed by atoms with E-state index in [0.29, 0.717) is 28.9 Å². The van der Waals surface area contributed by atoms with Crippen LogP contribution in [0.4, 0.5) is 11.4 Å². The summed E-state index contributed by atoms with van der Waals surface area (Å²) in [5.74, 6) is -0.265. The Morgan fingerprint density at radius 2 is 1.54 bits per heavy atom. The van der Waals surface area contributed by atoms with Gasteiger partial charge in [0.1, 0.15) is 5.84 Å². The van der Waals surface area contributed by atoms with Gasteiger partial charge in [0.05, 0.1) is 11.4 Å². The van der Waals surface area contributed by atoms with Crippen LogP contribution in [-0.4, -0.2) is 32.2 Å². The molecule has 0 heterocycles. The van der Waals surface area contributed by atoms with Crippen molar-refractivity contribution in [1.82, 2.24) is 4.72 Å². The highest BCUT2D eigenvalue weighted by atomic mass is 32.2. The van der Waals surface area contributed by atoms with Gasteiger partial charge in [-0.15, -0.1) is 0 Å². The van der Waals surface area contributed by atoms with Crippen LogP contribution >= 0.6 is 0 Å². The number of carbonyl (C=O) groups is 1. The molecule has 8 nitrogen and oxygen atoms in total. The predicted molar refractivity (Wildman–Crippen MR) is 166 cm³/mol. The van der Waals surface area contributed by atoms with Gasteiger partial charge >= 0.3 is 0 Å². The molecular weight excluding hydrogens is 534 g/mol. The molecule has 212 valence electrons. The van der Waals surface area contributed by atoms with Crippen LogP contribution in [0, 0.1) is 5.41 Å². The third-order valence-corrected chi connectivity index (χ3v) is 7.99. The minimum Gasteiger partial charge on any atom is -0.384 e. The number of hydrogen-bond acceptors (Lipinski definition) is 5. The van der Waals surface area contributed by atoms with E-state index in [1.165, 1.54) is 0 Å². The topological polar surface area (TPSA) is 128 Å². The van der Waals surface area contributed by atoms with Crippen molar-refractivity contribution in [3.63, 3.8) is 0 Å². The van der Waals surface area contributed by atoms with Crippen molar-refractivity contribution < 1.29 is 13.2 Å². The molecule has 0 aliphatic carbocycles. The molecule has 4 aromatic carbocycles. The maximum atomic E-state index is 13.2. The molecular formula is C32H35N5O3S. The number of hydrogen-bond donors (Lipinski definition) is 4. The van der Waals surface area contributed by atoms with Gasteiger partial charge in [0.15, 0.2) is 0 Å². The van der Waals surface area contributed by atoms with Gasteiger partial charge in [-0.05, 0) is 62.2 Å². The Bertz CT molecular complexity index is 1630. The minimum absolute atomic E-state index is 0.0420. The number of benzene rings is 4. The molecule has 0 unspecified atom stereocenters. The molecule has 0 bridgehead atoms. The lowest BCUT2D eigenvalue weighted by molar-refractivity contribution is -0.115. The van der Waals surface area contributed by atoms with Gasteiger partial charge in [0, 0.05) is 34.6 Å². The molecule has 0 aliphatic rings. The lowest BCUT2D eigenvalue weighted by Gasteiger charge is -2.25.